The van der Waals surface area contributed by atoms with Gasteiger partial charge in [-0.25, -0.2) is 4.79 Å². The van der Waals surface area contributed by atoms with Crippen molar-refractivity contribution in [2.45, 2.75) is 0 Å². The second-order valence-electron chi connectivity index (χ2n) is 1.72. The highest BCUT2D eigenvalue weighted by Crippen LogP contribution is 2.13. The third-order valence-corrected chi connectivity index (χ3v) is 2.08. The van der Waals surface area contributed by atoms with Gasteiger partial charge in [-0.3, -0.25) is 0 Å². The van der Waals surface area contributed by atoms with Gasteiger partial charge >= 0.3 is 6.09 Å². The standard InChI is InChI=1S/C7H11NO2S2/c1-3-5-10-7(9)8(11)12-6-4-2/h3-4,11H,1-2,5-6H2. The minimum absolute atomic E-state index is 0.199. The van der Waals surface area contributed by atoms with Crippen LogP contribution in [0.25, 0.3) is 0 Å². The van der Waals surface area contributed by atoms with Gasteiger partial charge in [0.1, 0.15) is 6.61 Å². The highest BCUT2D eigenvalue weighted by molar-refractivity contribution is 8.06. The first kappa shape index (κ1) is 11.4. The topological polar surface area (TPSA) is 29.5 Å². The summed E-state index contributed by atoms with van der Waals surface area (Å²) in [4.78, 5) is 10.9. The van der Waals surface area contributed by atoms with Crippen LogP contribution in [0, 0.1) is 0 Å². The van der Waals surface area contributed by atoms with Gasteiger partial charge in [0.05, 0.1) is 0 Å². The second kappa shape index (κ2) is 7.12. The lowest BCUT2D eigenvalue weighted by Gasteiger charge is -2.11. The fourth-order valence-corrected chi connectivity index (χ4v) is 1.02. The summed E-state index contributed by atoms with van der Waals surface area (Å²) in [5.41, 5.74) is 0. The Balaban J connectivity index is 3.60. The molecule has 0 saturated carbocycles. The molecule has 3 nitrogen and oxygen atoms in total. The quantitative estimate of drug-likeness (QED) is 0.424. The fourth-order valence-electron chi connectivity index (χ4n) is 0.361. The zero-order valence-electron chi connectivity index (χ0n) is 6.60. The van der Waals surface area contributed by atoms with Gasteiger partial charge in [-0.1, -0.05) is 18.7 Å². The Morgan fingerprint density at radius 1 is 1.58 bits per heavy atom. The number of hydrogen-bond donors (Lipinski definition) is 1. The van der Waals surface area contributed by atoms with Crippen molar-refractivity contribution in [1.29, 1.82) is 0 Å². The van der Waals surface area contributed by atoms with Crippen LogP contribution in [0.4, 0.5) is 4.79 Å². The van der Waals surface area contributed by atoms with Gasteiger partial charge in [-0.2, -0.15) is 3.71 Å². The molecule has 0 spiro atoms. The van der Waals surface area contributed by atoms with E-state index in [2.05, 4.69) is 30.7 Å². The van der Waals surface area contributed by atoms with E-state index in [0.29, 0.717) is 5.75 Å². The lowest BCUT2D eigenvalue weighted by molar-refractivity contribution is 0.154. The van der Waals surface area contributed by atoms with Crippen molar-refractivity contribution in [3.8, 4) is 0 Å². The molecule has 0 aliphatic rings. The summed E-state index contributed by atoms with van der Waals surface area (Å²) in [5.74, 6) is 0.618. The number of ether oxygens (including phenoxy) is 1. The van der Waals surface area contributed by atoms with Crippen molar-refractivity contribution >= 4 is 30.9 Å². The zero-order chi connectivity index (χ0) is 9.40. The second-order valence-corrected chi connectivity index (χ2v) is 3.35. The first-order valence-electron chi connectivity index (χ1n) is 3.22. The predicted octanol–water partition coefficient (Wildman–Crippen LogP) is 2.29. The van der Waals surface area contributed by atoms with Gasteiger partial charge < -0.3 is 4.74 Å². The summed E-state index contributed by atoms with van der Waals surface area (Å²) in [5, 5.41) is 0. The molecule has 5 heteroatoms. The molecule has 0 atom stereocenters. The minimum atomic E-state index is -0.495. The van der Waals surface area contributed by atoms with Crippen LogP contribution in [-0.2, 0) is 4.74 Å². The Kier molecular flexibility index (Phi) is 6.79. The minimum Gasteiger partial charge on any atom is -0.444 e. The van der Waals surface area contributed by atoms with E-state index in [-0.39, 0.29) is 6.61 Å². The van der Waals surface area contributed by atoms with E-state index in [0.717, 1.165) is 3.71 Å². The molecule has 0 radical (unpaired) electrons. The number of thiol groups is 1. The van der Waals surface area contributed by atoms with Gasteiger partial charge in [0.15, 0.2) is 0 Å². The van der Waals surface area contributed by atoms with E-state index in [4.69, 9.17) is 0 Å². The van der Waals surface area contributed by atoms with Crippen LogP contribution in [0.3, 0.4) is 0 Å². The third-order valence-electron chi connectivity index (χ3n) is 0.796. The van der Waals surface area contributed by atoms with E-state index in [1.54, 1.807) is 6.08 Å². The van der Waals surface area contributed by atoms with Crippen molar-refractivity contribution in [2.75, 3.05) is 12.4 Å². The van der Waals surface area contributed by atoms with Crippen molar-refractivity contribution in [3.05, 3.63) is 25.3 Å². The zero-order valence-corrected chi connectivity index (χ0v) is 8.31. The molecule has 0 aromatic heterocycles. The average molecular weight is 205 g/mol. The summed E-state index contributed by atoms with van der Waals surface area (Å²) in [6.07, 6.45) is 2.68. The van der Waals surface area contributed by atoms with Crippen LogP contribution in [0.2, 0.25) is 0 Å². The Bertz CT molecular complexity index is 173. The molecule has 0 aromatic rings. The van der Waals surface area contributed by atoms with E-state index >= 15 is 0 Å². The van der Waals surface area contributed by atoms with Crippen molar-refractivity contribution < 1.29 is 9.53 Å². The van der Waals surface area contributed by atoms with E-state index in [9.17, 15) is 4.79 Å². The smallest absolute Gasteiger partial charge is 0.430 e. The van der Waals surface area contributed by atoms with Gasteiger partial charge in [0.25, 0.3) is 0 Å². The van der Waals surface area contributed by atoms with Crippen LogP contribution in [-0.4, -0.2) is 22.2 Å². The molecule has 1 amide bonds. The molecule has 0 bridgehead atoms. The molecule has 68 valence electrons. The molecular formula is C7H11NO2S2. The maximum absolute atomic E-state index is 10.9. The predicted molar refractivity (Wildman–Crippen MR) is 55.0 cm³/mol. The van der Waals surface area contributed by atoms with Crippen molar-refractivity contribution in [1.82, 2.24) is 3.71 Å². The molecule has 0 aliphatic carbocycles. The molecular weight excluding hydrogens is 194 g/mol. The lowest BCUT2D eigenvalue weighted by atomic mass is 10.7. The molecule has 0 N–H and O–H groups in total. The van der Waals surface area contributed by atoms with Crippen LogP contribution >= 0.6 is 24.8 Å². The number of amides is 1. The highest BCUT2D eigenvalue weighted by Gasteiger charge is 2.09. The Labute approximate surface area is 82.1 Å². The van der Waals surface area contributed by atoms with Crippen LogP contribution in [0.15, 0.2) is 25.3 Å². The largest absolute Gasteiger partial charge is 0.444 e. The maximum Gasteiger partial charge on any atom is 0.430 e. The average Bonchev–Trinajstić information content (AvgIpc) is 2.10. The summed E-state index contributed by atoms with van der Waals surface area (Å²) in [6.45, 7) is 7.11. The molecule has 0 rings (SSSR count). The SMILES string of the molecule is C=CCOC(=O)N(S)SCC=C. The normalized spacial score (nSPS) is 8.75. The van der Waals surface area contributed by atoms with E-state index in [1.807, 2.05) is 0 Å². The third kappa shape index (κ3) is 5.15. The lowest BCUT2D eigenvalue weighted by Crippen LogP contribution is -2.16. The maximum atomic E-state index is 10.9. The number of hydrogen-bond acceptors (Lipinski definition) is 4. The number of nitrogens with zero attached hydrogens (tertiary/aromatic N) is 1. The van der Waals surface area contributed by atoms with Gasteiger partial charge in [-0.05, 0) is 24.8 Å². The summed E-state index contributed by atoms with van der Waals surface area (Å²) in [7, 11) is 0. The van der Waals surface area contributed by atoms with Gasteiger partial charge in [-0.15, -0.1) is 6.58 Å². The summed E-state index contributed by atoms with van der Waals surface area (Å²) < 4.78 is 5.80. The highest BCUT2D eigenvalue weighted by atomic mass is 32.2. The van der Waals surface area contributed by atoms with E-state index < -0.39 is 6.09 Å². The monoisotopic (exact) mass is 205 g/mol. The first-order valence-corrected chi connectivity index (χ1v) is 4.57. The van der Waals surface area contributed by atoms with Gasteiger partial charge in [0, 0.05) is 5.75 Å². The molecule has 0 saturated heterocycles. The van der Waals surface area contributed by atoms with Crippen LogP contribution in [0.1, 0.15) is 0 Å². The Hall–Kier alpha value is -0.550. The number of carbonyl (C=O) groups is 1. The molecule has 12 heavy (non-hydrogen) atoms. The number of rotatable bonds is 5. The van der Waals surface area contributed by atoms with Gasteiger partial charge in [0.2, 0.25) is 0 Å². The molecule has 0 aliphatic heterocycles. The molecule has 0 fully saturated rings. The fraction of sp³-hybridized carbons (Fsp3) is 0.286. The van der Waals surface area contributed by atoms with E-state index in [1.165, 1.54) is 18.0 Å². The molecule has 0 aromatic carbocycles. The summed E-state index contributed by atoms with van der Waals surface area (Å²) in [6, 6.07) is 0. The van der Waals surface area contributed by atoms with Crippen molar-refractivity contribution in [3.63, 3.8) is 0 Å². The molecule has 0 heterocycles. The first-order chi connectivity index (χ1) is 5.72. The van der Waals surface area contributed by atoms with Crippen molar-refractivity contribution in [2.24, 2.45) is 0 Å². The number of carbonyl (C=O) groups excluding carboxylic acids is 1. The Morgan fingerprint density at radius 2 is 2.25 bits per heavy atom. The van der Waals surface area contributed by atoms with Crippen LogP contribution in [0.5, 0.6) is 0 Å². The Morgan fingerprint density at radius 3 is 2.75 bits per heavy atom. The summed E-state index contributed by atoms with van der Waals surface area (Å²) >= 11 is 5.08. The molecule has 0 unspecified atom stereocenters. The van der Waals surface area contributed by atoms with Crippen LogP contribution < -0.4 is 0 Å².